The number of hydrogen-bond acceptors (Lipinski definition) is 4. The van der Waals surface area contributed by atoms with Crippen molar-refractivity contribution in [2.75, 3.05) is 38.1 Å². The van der Waals surface area contributed by atoms with Crippen molar-refractivity contribution in [3.05, 3.63) is 29.8 Å². The van der Waals surface area contributed by atoms with Crippen molar-refractivity contribution in [2.45, 2.75) is 19.4 Å². The molecule has 1 aromatic rings. The number of halogens is 1. The van der Waals surface area contributed by atoms with Gasteiger partial charge < -0.3 is 15.1 Å². The number of nitrogens with zero attached hydrogens (tertiary/aromatic N) is 3. The lowest BCUT2D eigenvalue weighted by Crippen LogP contribution is -2.41. The minimum Gasteiger partial charge on any atom is -0.367 e. The Hall–Kier alpha value is -0.980. The quantitative estimate of drug-likeness (QED) is 0.806. The predicted molar refractivity (Wildman–Crippen MR) is 95.3 cm³/mol. The fraction of sp³-hybridized carbons (Fsp3) is 0.533. The Labute approximate surface area is 138 Å². The van der Waals surface area contributed by atoms with Crippen LogP contribution in [0.1, 0.15) is 12.5 Å². The lowest BCUT2D eigenvalue weighted by molar-refractivity contribution is 0.532. The molecule has 0 spiro atoms. The van der Waals surface area contributed by atoms with E-state index in [9.17, 15) is 0 Å². The van der Waals surface area contributed by atoms with Gasteiger partial charge in [0.1, 0.15) is 0 Å². The van der Waals surface area contributed by atoms with E-state index < -0.39 is 0 Å². The van der Waals surface area contributed by atoms with E-state index >= 15 is 0 Å². The summed E-state index contributed by atoms with van der Waals surface area (Å²) in [5, 5.41) is 3.44. The first-order valence-corrected chi connectivity index (χ1v) is 7.09. The van der Waals surface area contributed by atoms with Gasteiger partial charge in [0.15, 0.2) is 5.96 Å². The van der Waals surface area contributed by atoms with Crippen LogP contribution < -0.4 is 10.2 Å². The first-order chi connectivity index (χ1) is 9.25. The number of nitrogens with one attached hydrogen (secondary N) is 1. The molecule has 2 heterocycles. The molecule has 1 atom stereocenters. The van der Waals surface area contributed by atoms with E-state index in [4.69, 9.17) is 0 Å². The Kier molecular flexibility index (Phi) is 5.12. The molecule has 20 heavy (non-hydrogen) atoms. The van der Waals surface area contributed by atoms with Crippen molar-refractivity contribution < 1.29 is 0 Å². The third-order valence-electron chi connectivity index (χ3n) is 4.04. The topological polar surface area (TPSA) is 30.9 Å². The van der Waals surface area contributed by atoms with Gasteiger partial charge in [0, 0.05) is 38.4 Å². The maximum absolute atomic E-state index is 4.46. The van der Waals surface area contributed by atoms with Crippen molar-refractivity contribution in [3.8, 4) is 0 Å². The summed E-state index contributed by atoms with van der Waals surface area (Å²) in [5.74, 6) is 1.04. The number of benzene rings is 1. The smallest absolute Gasteiger partial charge is 0.193 e. The van der Waals surface area contributed by atoms with Gasteiger partial charge in [0.2, 0.25) is 0 Å². The normalized spacial score (nSPS) is 20.5. The van der Waals surface area contributed by atoms with Gasteiger partial charge in [-0.05, 0) is 25.0 Å². The van der Waals surface area contributed by atoms with Crippen LogP contribution in [0.3, 0.4) is 0 Å². The van der Waals surface area contributed by atoms with Gasteiger partial charge in [-0.3, -0.25) is 4.99 Å². The number of likely N-dealkylation sites (N-methyl/N-ethyl adjacent to an activating group) is 1. The summed E-state index contributed by atoms with van der Waals surface area (Å²) < 4.78 is 0. The average molecular weight is 386 g/mol. The third kappa shape index (κ3) is 3.02. The Balaban J connectivity index is 0.00000147. The molecule has 3 rings (SSSR count). The molecule has 0 aromatic heterocycles. The minimum absolute atomic E-state index is 0. The van der Waals surface area contributed by atoms with E-state index in [0.717, 1.165) is 38.6 Å². The minimum atomic E-state index is 0. The number of rotatable bonds is 3. The number of anilines is 1. The highest BCUT2D eigenvalue weighted by molar-refractivity contribution is 14.0. The summed E-state index contributed by atoms with van der Waals surface area (Å²) in [6, 6.07) is 9.34. The molecule has 0 aliphatic carbocycles. The molecular weight excluding hydrogens is 363 g/mol. The van der Waals surface area contributed by atoms with Crippen molar-refractivity contribution in [1.82, 2.24) is 10.2 Å². The zero-order valence-electron chi connectivity index (χ0n) is 12.2. The largest absolute Gasteiger partial charge is 0.367 e. The lowest BCUT2D eigenvalue weighted by atomic mass is 10.1. The molecule has 0 saturated heterocycles. The van der Waals surface area contributed by atoms with Gasteiger partial charge in [0.25, 0.3) is 0 Å². The van der Waals surface area contributed by atoms with Crippen LogP contribution in [0.15, 0.2) is 29.3 Å². The molecule has 5 heteroatoms. The maximum Gasteiger partial charge on any atom is 0.193 e. The third-order valence-corrected chi connectivity index (χ3v) is 4.04. The van der Waals surface area contributed by atoms with Crippen LogP contribution in [0.4, 0.5) is 5.69 Å². The second-order valence-corrected chi connectivity index (χ2v) is 5.43. The SMILES string of the molecule is CC1Cc2ccccc2N1CCNC1=NCCN1C.I. The molecule has 0 amide bonds. The van der Waals surface area contributed by atoms with Crippen molar-refractivity contribution in [2.24, 2.45) is 4.99 Å². The van der Waals surface area contributed by atoms with Crippen LogP contribution in [0.2, 0.25) is 0 Å². The summed E-state index contributed by atoms with van der Waals surface area (Å²) in [7, 11) is 2.09. The highest BCUT2D eigenvalue weighted by Gasteiger charge is 2.25. The van der Waals surface area contributed by atoms with Crippen LogP contribution >= 0.6 is 24.0 Å². The fourth-order valence-electron chi connectivity index (χ4n) is 2.98. The molecule has 4 nitrogen and oxygen atoms in total. The van der Waals surface area contributed by atoms with Crippen LogP contribution in [0, 0.1) is 0 Å². The van der Waals surface area contributed by atoms with Gasteiger partial charge in [-0.1, -0.05) is 18.2 Å². The van der Waals surface area contributed by atoms with Gasteiger partial charge >= 0.3 is 0 Å². The van der Waals surface area contributed by atoms with Crippen molar-refractivity contribution >= 4 is 35.6 Å². The molecule has 0 radical (unpaired) electrons. The van der Waals surface area contributed by atoms with Crippen LogP contribution in [-0.2, 0) is 6.42 Å². The molecule has 2 aliphatic rings. The zero-order chi connectivity index (χ0) is 13.2. The number of fused-ring (bicyclic) bond motifs is 1. The summed E-state index contributed by atoms with van der Waals surface area (Å²) in [5.41, 5.74) is 2.88. The lowest BCUT2D eigenvalue weighted by Gasteiger charge is -2.26. The summed E-state index contributed by atoms with van der Waals surface area (Å²) in [6.07, 6.45) is 1.16. The molecule has 1 aromatic carbocycles. The Morgan fingerprint density at radius 3 is 2.90 bits per heavy atom. The fourth-order valence-corrected chi connectivity index (χ4v) is 2.98. The monoisotopic (exact) mass is 386 g/mol. The summed E-state index contributed by atoms with van der Waals surface area (Å²) in [6.45, 7) is 6.24. The zero-order valence-corrected chi connectivity index (χ0v) is 14.5. The van der Waals surface area contributed by atoms with Gasteiger partial charge in [-0.15, -0.1) is 24.0 Å². The maximum atomic E-state index is 4.46. The van der Waals surface area contributed by atoms with E-state index in [0.29, 0.717) is 6.04 Å². The molecule has 0 bridgehead atoms. The highest BCUT2D eigenvalue weighted by atomic mass is 127. The Morgan fingerprint density at radius 1 is 1.35 bits per heavy atom. The Morgan fingerprint density at radius 2 is 2.15 bits per heavy atom. The standard InChI is InChI=1S/C15H22N4.HI/c1-12-11-13-5-3-4-6-14(13)19(12)10-8-17-15-16-7-9-18(15)2;/h3-6,12H,7-11H2,1-2H3,(H,16,17);1H. The number of para-hydroxylation sites is 1. The van der Waals surface area contributed by atoms with Crippen molar-refractivity contribution in [1.29, 1.82) is 0 Å². The van der Waals surface area contributed by atoms with E-state index in [-0.39, 0.29) is 24.0 Å². The molecule has 1 unspecified atom stereocenters. The predicted octanol–water partition coefficient (Wildman–Crippen LogP) is 1.95. The molecule has 0 saturated carbocycles. The van der Waals surface area contributed by atoms with Gasteiger partial charge in [0.05, 0.1) is 6.54 Å². The average Bonchev–Trinajstić information content (AvgIpc) is 2.94. The highest BCUT2D eigenvalue weighted by Crippen LogP contribution is 2.31. The molecular formula is C15H23IN4. The van der Waals surface area contributed by atoms with E-state index in [1.54, 1.807) is 0 Å². The van der Waals surface area contributed by atoms with Crippen LogP contribution in [-0.4, -0.2) is 50.1 Å². The van der Waals surface area contributed by atoms with E-state index in [1.807, 2.05) is 0 Å². The molecule has 0 fully saturated rings. The molecule has 1 N–H and O–H groups in total. The van der Waals surface area contributed by atoms with E-state index in [1.165, 1.54) is 11.3 Å². The first kappa shape index (κ1) is 15.4. The second-order valence-electron chi connectivity index (χ2n) is 5.43. The van der Waals surface area contributed by atoms with Gasteiger partial charge in [-0.2, -0.15) is 0 Å². The molecule has 110 valence electrons. The number of aliphatic imine (C=N–C) groups is 1. The van der Waals surface area contributed by atoms with Crippen LogP contribution in [0.5, 0.6) is 0 Å². The molecule has 2 aliphatic heterocycles. The summed E-state index contributed by atoms with van der Waals surface area (Å²) >= 11 is 0. The Bertz CT molecular complexity index is 489. The first-order valence-electron chi connectivity index (χ1n) is 7.09. The summed E-state index contributed by atoms with van der Waals surface area (Å²) in [4.78, 5) is 9.14. The number of guanidine groups is 1. The van der Waals surface area contributed by atoms with E-state index in [2.05, 4.69) is 58.3 Å². The van der Waals surface area contributed by atoms with Crippen LogP contribution in [0.25, 0.3) is 0 Å². The van der Waals surface area contributed by atoms with Gasteiger partial charge in [-0.25, -0.2) is 0 Å². The second kappa shape index (κ2) is 6.65. The van der Waals surface area contributed by atoms with Crippen molar-refractivity contribution in [3.63, 3.8) is 0 Å². The number of hydrogen-bond donors (Lipinski definition) is 1.